The summed E-state index contributed by atoms with van der Waals surface area (Å²) in [4.78, 5) is 61.4. The second-order valence-corrected chi connectivity index (χ2v) is 22.8. The highest BCUT2D eigenvalue weighted by Crippen LogP contribution is 2.42. The van der Waals surface area contributed by atoms with Gasteiger partial charge in [0.25, 0.3) is 17.7 Å². The fourth-order valence-electron chi connectivity index (χ4n) is 10.1. The fourth-order valence-corrected chi connectivity index (χ4v) is 10.3. The monoisotopic (exact) mass is 1420 g/mol. The van der Waals surface area contributed by atoms with Crippen LogP contribution in [0.5, 0.6) is 17.2 Å². The zero-order chi connectivity index (χ0) is 74.0. The molecule has 0 saturated carbocycles. The molecule has 0 bridgehead atoms. The van der Waals surface area contributed by atoms with Crippen LogP contribution in [0.1, 0.15) is 47.8 Å². The Balaban J connectivity index is 0.000000170. The van der Waals surface area contributed by atoms with Crippen LogP contribution < -0.4 is 62.5 Å². The van der Waals surface area contributed by atoms with Crippen molar-refractivity contribution in [2.24, 2.45) is 21.1 Å². The minimum Gasteiger partial charge on any atom is -0.494 e. The van der Waals surface area contributed by atoms with Gasteiger partial charge in [0.1, 0.15) is 51.7 Å². The van der Waals surface area contributed by atoms with Gasteiger partial charge in [-0.2, -0.15) is 15.3 Å². The molecule has 27 nitrogen and oxygen atoms in total. The van der Waals surface area contributed by atoms with E-state index < -0.39 is 11.6 Å². The van der Waals surface area contributed by atoms with Gasteiger partial charge in [-0.3, -0.25) is 28.4 Å². The van der Waals surface area contributed by atoms with Crippen molar-refractivity contribution < 1.29 is 41.8 Å². The van der Waals surface area contributed by atoms with Crippen LogP contribution in [0.15, 0.2) is 165 Å². The number of aromatic nitrogens is 12. The smallest absolute Gasteiger partial charge is 0.254 e. The van der Waals surface area contributed by atoms with Gasteiger partial charge in [0.2, 0.25) is 0 Å². The molecule has 3 amide bonds. The number of nitrogens with one attached hydrogen (secondary N) is 8. The first-order valence-corrected chi connectivity index (χ1v) is 31.7. The summed E-state index contributed by atoms with van der Waals surface area (Å²) in [5, 5.41) is 37.1. The number of ether oxygens (including phenoxy) is 3. The van der Waals surface area contributed by atoms with Gasteiger partial charge in [-0.15, -0.1) is 0 Å². The van der Waals surface area contributed by atoms with E-state index in [1.165, 1.54) is 24.7 Å². The number of anilines is 11. The molecule has 0 saturated heterocycles. The van der Waals surface area contributed by atoms with E-state index in [0.717, 1.165) is 52.4 Å². The van der Waals surface area contributed by atoms with Gasteiger partial charge < -0.3 is 62.5 Å². The van der Waals surface area contributed by atoms with E-state index in [2.05, 4.69) is 87.7 Å². The van der Waals surface area contributed by atoms with E-state index in [9.17, 15) is 27.6 Å². The number of halogens is 4. The molecule has 0 radical (unpaired) electrons. The first-order chi connectivity index (χ1) is 49.5. The van der Waals surface area contributed by atoms with Crippen molar-refractivity contribution in [3.05, 3.63) is 221 Å². The Bertz CT molecular complexity index is 5030. The number of aryl methyl sites for hydroxylation is 6. The average molecular weight is 1420 g/mol. The number of hydrogen-bond donors (Lipinski definition) is 9. The number of hydrogen-bond acceptors (Lipinski definition) is 21. The van der Waals surface area contributed by atoms with E-state index in [-0.39, 0.29) is 28.7 Å². The highest BCUT2D eigenvalue weighted by molar-refractivity contribution is 6.29. The predicted octanol–water partition coefficient (Wildman–Crippen LogP) is 12.7. The summed E-state index contributed by atoms with van der Waals surface area (Å²) in [5.41, 5.74) is 16.1. The lowest BCUT2D eigenvalue weighted by Crippen LogP contribution is -2.19. The maximum Gasteiger partial charge on any atom is 0.254 e. The number of nitrogens with two attached hydrogens (primary N) is 1. The van der Waals surface area contributed by atoms with E-state index >= 15 is 0 Å². The molecule has 12 rings (SSSR count). The summed E-state index contributed by atoms with van der Waals surface area (Å²) < 4.78 is 61.8. The van der Waals surface area contributed by atoms with Crippen molar-refractivity contribution in [2.75, 3.05) is 74.8 Å². The summed E-state index contributed by atoms with van der Waals surface area (Å²) in [6.07, 6.45) is 13.2. The molecule has 0 aliphatic heterocycles. The summed E-state index contributed by atoms with van der Waals surface area (Å²) in [6, 6.07) is 32.3. The van der Waals surface area contributed by atoms with Gasteiger partial charge in [0.05, 0.1) is 108 Å². The Morgan fingerprint density at radius 1 is 0.447 bits per heavy atom. The first kappa shape index (κ1) is 74.1. The number of para-hydroxylation sites is 3. The van der Waals surface area contributed by atoms with Crippen LogP contribution in [0.2, 0.25) is 5.15 Å². The zero-order valence-corrected chi connectivity index (χ0v) is 58.7. The Morgan fingerprint density at radius 2 is 0.816 bits per heavy atom. The molecule has 0 unspecified atom stereocenters. The molecule has 0 spiro atoms. The van der Waals surface area contributed by atoms with Crippen LogP contribution in [0.25, 0.3) is 33.8 Å². The van der Waals surface area contributed by atoms with E-state index in [1.54, 1.807) is 114 Å². The number of rotatable bonds is 19. The number of pyridine rings is 6. The van der Waals surface area contributed by atoms with Crippen LogP contribution in [-0.4, -0.2) is 119 Å². The minimum absolute atomic E-state index is 0.267. The minimum atomic E-state index is -0.393. The first-order valence-electron chi connectivity index (χ1n) is 31.3. The number of nitrogen functional groups attached to an aromatic ring is 1. The van der Waals surface area contributed by atoms with E-state index in [4.69, 9.17) is 31.5 Å². The predicted molar refractivity (Wildman–Crippen MR) is 391 cm³/mol. The highest BCUT2D eigenvalue weighted by Gasteiger charge is 2.22. The SMILES string of the molecule is CNC(=O)c1cnc(Cl)cc1Nc1cccc(-c2ccn(C)n2)c1OC.CNC(=O)c1cnc(Nc2cc(C)c(F)cn2)cc1Nc1cccc(-c2ccn(C)n2)c1OC.CNC(=O)c1cnc(Nc2cc(C)c(F)cn2)cc1Nc1cccc(-c2ccnn2C)c1OC.Cc1cc(N)ncc1F. The largest absolute Gasteiger partial charge is 0.494 e. The summed E-state index contributed by atoms with van der Waals surface area (Å²) in [7, 11) is 15.0. The third kappa shape index (κ3) is 18.4. The van der Waals surface area contributed by atoms with E-state index in [0.29, 0.717) is 114 Å². The number of benzene rings is 3. The molecule has 0 fully saturated rings. The van der Waals surface area contributed by atoms with Crippen molar-refractivity contribution in [2.45, 2.75) is 20.8 Å². The summed E-state index contributed by atoms with van der Waals surface area (Å²) in [5.74, 6) is 1.87. The molecular weight excluding hydrogens is 1350 g/mol. The molecular formula is C72H73ClF3N21O6. The Labute approximate surface area is 595 Å². The van der Waals surface area contributed by atoms with Crippen molar-refractivity contribution in [1.82, 2.24) is 75.2 Å². The normalized spacial score (nSPS) is 10.5. The number of nitrogens with zero attached hydrogens (tertiary/aromatic N) is 12. The zero-order valence-electron chi connectivity index (χ0n) is 58.0. The highest BCUT2D eigenvalue weighted by atomic mass is 35.5. The molecule has 0 aliphatic rings. The lowest BCUT2D eigenvalue weighted by Gasteiger charge is -2.17. The lowest BCUT2D eigenvalue weighted by molar-refractivity contribution is 0.0955. The maximum absolute atomic E-state index is 13.6. The number of carbonyl (C=O) groups excluding carboxylic acids is 3. The summed E-state index contributed by atoms with van der Waals surface area (Å²) in [6.45, 7) is 4.95. The molecule has 0 atom stereocenters. The molecule has 12 aromatic rings. The molecule has 31 heteroatoms. The number of carbonyl (C=O) groups is 3. The molecule has 9 aromatic heterocycles. The van der Waals surface area contributed by atoms with Crippen molar-refractivity contribution in [1.29, 1.82) is 0 Å². The van der Waals surface area contributed by atoms with Crippen molar-refractivity contribution in [3.8, 4) is 51.0 Å². The maximum atomic E-state index is 13.6. The summed E-state index contributed by atoms with van der Waals surface area (Å²) >= 11 is 6.01. The topological polar surface area (TPSA) is 332 Å². The Morgan fingerprint density at radius 3 is 1.17 bits per heavy atom. The van der Waals surface area contributed by atoms with Crippen LogP contribution in [0.4, 0.5) is 76.4 Å². The molecule has 9 heterocycles. The molecule has 0 aliphatic carbocycles. The Kier molecular flexibility index (Phi) is 24.5. The van der Waals surface area contributed by atoms with Crippen LogP contribution in [0.3, 0.4) is 0 Å². The Hall–Kier alpha value is -13.1. The van der Waals surface area contributed by atoms with Gasteiger partial charge in [-0.1, -0.05) is 29.8 Å². The molecule has 10 N–H and O–H groups in total. The van der Waals surface area contributed by atoms with Crippen LogP contribution in [0, 0.1) is 38.2 Å². The van der Waals surface area contributed by atoms with Crippen molar-refractivity contribution >= 4 is 92.5 Å². The molecule has 530 valence electrons. The quantitative estimate of drug-likeness (QED) is 0.0340. The second-order valence-electron chi connectivity index (χ2n) is 22.4. The standard InChI is InChI=1S/2C24H24FN7O2.C18H18ClN5O2.C6H7FN2/c1-14-10-21(28-13-17(14)25)30-22-11-20(16(12-27-22)24(33)26-2)29-19-7-5-6-15(23(19)34-4)18-8-9-32(3)31-18;1-14-10-21(28-13-17(14)25)31-22-11-19(16(12-27-22)24(33)26-2)30-18-7-5-6-15(23(18)34-4)20-8-9-29-32(20)3;1-20-18(25)12-10-21-16(19)9-15(12)22-14-6-4-5-11(17(14)26-3)13-7-8-24(2)23-13;1-4-2-6(8)9-3-5(4)7/h5-13H,1-4H3,(H,26,33)(H2,27,28,29,30);5-13H,1-4H3,(H,26,33)(H2,27,28,30,31);4-10H,1-3H3,(H,20,25)(H,21,22);2-3H,1H3,(H2,8,9). The fraction of sp³-hybridized carbons (Fsp3) is 0.167. The third-order valence-electron chi connectivity index (χ3n) is 15.3. The van der Waals surface area contributed by atoms with Gasteiger partial charge >= 0.3 is 0 Å². The number of methoxy groups -OCH3 is 3. The van der Waals surface area contributed by atoms with Crippen LogP contribution >= 0.6 is 11.6 Å². The molecule has 3 aromatic carbocycles. The van der Waals surface area contributed by atoms with E-state index in [1.807, 2.05) is 106 Å². The van der Waals surface area contributed by atoms with Gasteiger partial charge in [-0.05, 0) is 116 Å². The third-order valence-corrected chi connectivity index (χ3v) is 15.5. The van der Waals surface area contributed by atoms with Crippen molar-refractivity contribution in [3.63, 3.8) is 0 Å². The molecule has 103 heavy (non-hydrogen) atoms. The second kappa shape index (κ2) is 34.1. The average Bonchev–Trinajstić information content (AvgIpc) is 1.66. The van der Waals surface area contributed by atoms with Gasteiger partial charge in [-0.25, -0.2) is 43.1 Å². The lowest BCUT2D eigenvalue weighted by atomic mass is 10.1. The van der Waals surface area contributed by atoms with Gasteiger partial charge in [0.15, 0.2) is 17.2 Å². The van der Waals surface area contributed by atoms with Gasteiger partial charge in [0, 0.05) is 108 Å². The van der Waals surface area contributed by atoms with Crippen LogP contribution in [-0.2, 0) is 21.1 Å². The number of amides is 3.